The molecule has 0 atom stereocenters. The van der Waals surface area contributed by atoms with E-state index in [1.165, 1.54) is 4.90 Å². The Morgan fingerprint density at radius 2 is 1.79 bits per heavy atom. The summed E-state index contributed by atoms with van der Waals surface area (Å²) in [6, 6.07) is 0.00380. The molecule has 0 saturated heterocycles. The van der Waals surface area contributed by atoms with E-state index >= 15 is 0 Å². The fraction of sp³-hybridized carbons (Fsp3) is 1.00. The molecule has 0 aromatic carbocycles. The third kappa shape index (κ3) is 6.85. The van der Waals surface area contributed by atoms with Gasteiger partial charge < -0.3 is 17.8 Å². The fourth-order valence-corrected chi connectivity index (χ4v) is 1.39. The van der Waals surface area contributed by atoms with Gasteiger partial charge in [-0.25, -0.2) is 0 Å². The summed E-state index contributed by atoms with van der Waals surface area (Å²) in [7, 11) is 0. The van der Waals surface area contributed by atoms with Gasteiger partial charge in [-0.1, -0.05) is 0 Å². The van der Waals surface area contributed by atoms with Gasteiger partial charge in [0.15, 0.2) is 0 Å². The summed E-state index contributed by atoms with van der Waals surface area (Å²) in [4.78, 5) is 1.54. The van der Waals surface area contributed by atoms with Gasteiger partial charge in [0.2, 0.25) is 0 Å². The van der Waals surface area contributed by atoms with E-state index in [-0.39, 0.29) is 57.4 Å². The van der Waals surface area contributed by atoms with Crippen molar-refractivity contribution < 1.29 is 64.3 Å². The van der Waals surface area contributed by atoms with Gasteiger partial charge in [0, 0.05) is 6.04 Å². The van der Waals surface area contributed by atoms with Crippen LogP contribution >= 0.6 is 0 Å². The number of halogens is 3. The maximum Gasteiger partial charge on any atom is 1.00 e. The van der Waals surface area contributed by atoms with E-state index in [1.807, 2.05) is 13.8 Å². The Bertz CT molecular complexity index is 170. The summed E-state index contributed by atoms with van der Waals surface area (Å²) in [5, 5.41) is 0. The molecule has 1 aliphatic rings. The minimum atomic E-state index is -4.66. The largest absolute Gasteiger partial charge is 1.00 e. The van der Waals surface area contributed by atoms with Crippen molar-refractivity contribution in [1.82, 2.24) is 4.90 Å². The van der Waals surface area contributed by atoms with Crippen molar-refractivity contribution in [3.8, 4) is 0 Å². The second kappa shape index (κ2) is 6.25. The summed E-state index contributed by atoms with van der Waals surface area (Å²) >= 11 is 0. The average Bonchev–Trinajstić information content (AvgIpc) is 2.66. The van der Waals surface area contributed by atoms with Crippen LogP contribution < -0.4 is 51.4 Å². The van der Waals surface area contributed by atoms with E-state index < -0.39 is 13.4 Å². The Labute approximate surface area is 126 Å². The van der Waals surface area contributed by atoms with Gasteiger partial charge in [-0.3, -0.25) is 0 Å². The molecule has 1 fully saturated rings. The first kappa shape index (κ1) is 15.5. The smallest absolute Gasteiger partial charge is 0.448 e. The third-order valence-electron chi connectivity index (χ3n) is 2.36. The van der Waals surface area contributed by atoms with Crippen LogP contribution in [0.15, 0.2) is 0 Å². The number of hydrogen-bond donors (Lipinski definition) is 0. The first-order chi connectivity index (χ1) is 5.88. The van der Waals surface area contributed by atoms with E-state index in [9.17, 15) is 12.9 Å². The van der Waals surface area contributed by atoms with Gasteiger partial charge in [0.05, 0.1) is 0 Å². The van der Waals surface area contributed by atoms with Crippen LogP contribution in [-0.2, 0) is 0 Å². The molecule has 1 nitrogen and oxygen atoms in total. The number of nitrogens with zero attached hydrogens (tertiary/aromatic N) is 1. The van der Waals surface area contributed by atoms with Crippen LogP contribution in [0.2, 0.25) is 0 Å². The van der Waals surface area contributed by atoms with Crippen molar-refractivity contribution in [2.45, 2.75) is 32.7 Å². The van der Waals surface area contributed by atoms with E-state index in [1.54, 1.807) is 0 Å². The molecule has 78 valence electrons. The van der Waals surface area contributed by atoms with Crippen molar-refractivity contribution >= 4 is 6.98 Å². The number of rotatable bonds is 5. The summed E-state index contributed by atoms with van der Waals surface area (Å²) in [5.74, 6) is 0.528. The molecule has 0 N–H and O–H groups in total. The van der Waals surface area contributed by atoms with Gasteiger partial charge in [0.25, 0.3) is 0 Å². The molecule has 0 aliphatic heterocycles. The van der Waals surface area contributed by atoms with E-state index in [4.69, 9.17) is 0 Å². The molecular formula is C8H16BF3KN. The Morgan fingerprint density at radius 3 is 2.07 bits per heavy atom. The molecule has 0 aromatic heterocycles. The van der Waals surface area contributed by atoms with Gasteiger partial charge in [-0.15, -0.1) is 0 Å². The molecule has 1 aliphatic carbocycles. The molecule has 0 heterocycles. The standard InChI is InChI=1S/C8H16BF3N.K/c1-7(2)13(5-8-3-4-8)6-9(10,11)12;/h7-8H,3-6H2,1-2H3;/q-1;+1. The van der Waals surface area contributed by atoms with Gasteiger partial charge >= 0.3 is 58.4 Å². The van der Waals surface area contributed by atoms with E-state index in [0.29, 0.717) is 12.5 Å². The van der Waals surface area contributed by atoms with Crippen LogP contribution in [0.3, 0.4) is 0 Å². The van der Waals surface area contributed by atoms with Crippen LogP contribution in [0.1, 0.15) is 26.7 Å². The van der Waals surface area contributed by atoms with Gasteiger partial charge in [-0.2, -0.15) is 0 Å². The van der Waals surface area contributed by atoms with Crippen LogP contribution in [0.5, 0.6) is 0 Å². The van der Waals surface area contributed by atoms with E-state index in [0.717, 1.165) is 12.8 Å². The SMILES string of the molecule is CC(C)N(CC1CC1)C[B-](F)(F)F.[K+]. The van der Waals surface area contributed by atoms with Crippen molar-refractivity contribution in [3.63, 3.8) is 0 Å². The predicted molar refractivity (Wildman–Crippen MR) is 48.5 cm³/mol. The van der Waals surface area contributed by atoms with Crippen molar-refractivity contribution in [3.05, 3.63) is 0 Å². The summed E-state index contributed by atoms with van der Waals surface area (Å²) in [6.45, 7) is -0.388. The average molecular weight is 233 g/mol. The second-order valence-corrected chi connectivity index (χ2v) is 4.20. The molecule has 0 unspecified atom stereocenters. The summed E-state index contributed by atoms with van der Waals surface area (Å²) in [5.41, 5.74) is 0. The maximum atomic E-state index is 12.2. The first-order valence-corrected chi connectivity index (χ1v) is 4.83. The minimum Gasteiger partial charge on any atom is -0.448 e. The van der Waals surface area contributed by atoms with Crippen molar-refractivity contribution in [2.24, 2.45) is 5.92 Å². The molecule has 0 spiro atoms. The Kier molecular flexibility index (Phi) is 6.90. The van der Waals surface area contributed by atoms with Crippen LogP contribution in [0.25, 0.3) is 0 Å². The molecule has 1 rings (SSSR count). The van der Waals surface area contributed by atoms with Crippen LogP contribution in [-0.4, -0.2) is 30.9 Å². The summed E-state index contributed by atoms with van der Waals surface area (Å²) in [6.07, 6.45) is 1.51. The van der Waals surface area contributed by atoms with Gasteiger partial charge in [-0.05, 0) is 45.6 Å². The quantitative estimate of drug-likeness (QED) is 0.578. The molecule has 0 bridgehead atoms. The first-order valence-electron chi connectivity index (χ1n) is 4.83. The molecule has 0 radical (unpaired) electrons. The fourth-order valence-electron chi connectivity index (χ4n) is 1.39. The molecule has 14 heavy (non-hydrogen) atoms. The Balaban J connectivity index is 0.00000169. The Morgan fingerprint density at radius 1 is 1.29 bits per heavy atom. The van der Waals surface area contributed by atoms with Crippen molar-refractivity contribution in [2.75, 3.05) is 13.0 Å². The molecule has 0 amide bonds. The Hall–Kier alpha value is 1.45. The molecule has 0 aromatic rings. The van der Waals surface area contributed by atoms with Crippen LogP contribution in [0.4, 0.5) is 12.9 Å². The normalized spacial score (nSPS) is 17.4. The number of hydrogen-bond acceptors (Lipinski definition) is 1. The molecular weight excluding hydrogens is 217 g/mol. The zero-order chi connectivity index (χ0) is 10.1. The summed E-state index contributed by atoms with van der Waals surface area (Å²) < 4.78 is 36.5. The van der Waals surface area contributed by atoms with Crippen molar-refractivity contribution in [1.29, 1.82) is 0 Å². The molecule has 6 heteroatoms. The minimum absolute atomic E-state index is 0. The zero-order valence-electron chi connectivity index (χ0n) is 9.14. The zero-order valence-corrected chi connectivity index (χ0v) is 12.3. The maximum absolute atomic E-state index is 12.2. The predicted octanol–water partition coefficient (Wildman–Crippen LogP) is -0.503. The monoisotopic (exact) mass is 233 g/mol. The topological polar surface area (TPSA) is 3.24 Å². The second-order valence-electron chi connectivity index (χ2n) is 4.20. The van der Waals surface area contributed by atoms with E-state index in [2.05, 4.69) is 0 Å². The van der Waals surface area contributed by atoms with Gasteiger partial charge in [0.1, 0.15) is 0 Å². The third-order valence-corrected chi connectivity index (χ3v) is 2.36. The van der Waals surface area contributed by atoms with Crippen LogP contribution in [0, 0.1) is 5.92 Å². The molecule has 1 saturated carbocycles.